The van der Waals surface area contributed by atoms with Gasteiger partial charge in [-0.05, 0) is 43.8 Å². The fourth-order valence-corrected chi connectivity index (χ4v) is 2.79. The molecular formula is C20H23ClFN3O2. The van der Waals surface area contributed by atoms with Crippen LogP contribution < -0.4 is 5.32 Å². The Labute approximate surface area is 163 Å². The zero-order chi connectivity index (χ0) is 20.0. The van der Waals surface area contributed by atoms with Crippen molar-refractivity contribution in [2.75, 3.05) is 26.0 Å². The number of carbonyl (C=O) groups is 2. The first-order chi connectivity index (χ1) is 12.8. The Balaban J connectivity index is 1.91. The molecule has 7 heteroatoms. The van der Waals surface area contributed by atoms with Crippen molar-refractivity contribution in [3.63, 3.8) is 0 Å². The summed E-state index contributed by atoms with van der Waals surface area (Å²) in [4.78, 5) is 28.0. The molecule has 0 radical (unpaired) electrons. The third kappa shape index (κ3) is 6.05. The predicted octanol–water partition coefficient (Wildman–Crippen LogP) is 3.40. The number of nitrogens with zero attached hydrogens (tertiary/aromatic N) is 2. The minimum atomic E-state index is -0.513. The van der Waals surface area contributed by atoms with Crippen molar-refractivity contribution in [3.8, 4) is 0 Å². The van der Waals surface area contributed by atoms with Gasteiger partial charge in [-0.25, -0.2) is 4.39 Å². The zero-order valence-corrected chi connectivity index (χ0v) is 16.3. The van der Waals surface area contributed by atoms with Crippen LogP contribution in [0.4, 0.5) is 10.1 Å². The topological polar surface area (TPSA) is 52.7 Å². The van der Waals surface area contributed by atoms with Crippen molar-refractivity contribution >= 4 is 29.1 Å². The van der Waals surface area contributed by atoms with E-state index in [1.165, 1.54) is 17.0 Å². The van der Waals surface area contributed by atoms with E-state index in [9.17, 15) is 14.0 Å². The fraction of sp³-hybridized carbons (Fsp3) is 0.300. The summed E-state index contributed by atoms with van der Waals surface area (Å²) in [5.41, 5.74) is 1.23. The van der Waals surface area contributed by atoms with Crippen LogP contribution in [-0.4, -0.2) is 48.3 Å². The van der Waals surface area contributed by atoms with Gasteiger partial charge in [-0.15, -0.1) is 0 Å². The van der Waals surface area contributed by atoms with Gasteiger partial charge in [-0.3, -0.25) is 14.5 Å². The quantitative estimate of drug-likeness (QED) is 0.787. The molecule has 0 aliphatic heterocycles. The smallest absolute Gasteiger partial charge is 0.239 e. The van der Waals surface area contributed by atoms with Crippen LogP contribution in [0.5, 0.6) is 0 Å². The second-order valence-corrected chi connectivity index (χ2v) is 6.85. The minimum absolute atomic E-state index is 0.0337. The number of hydrogen-bond donors (Lipinski definition) is 1. The molecule has 1 atom stereocenters. The average Bonchev–Trinajstić information content (AvgIpc) is 2.62. The van der Waals surface area contributed by atoms with Crippen LogP contribution in [0.2, 0.25) is 5.02 Å². The van der Waals surface area contributed by atoms with Crippen LogP contribution in [-0.2, 0) is 16.1 Å². The maximum Gasteiger partial charge on any atom is 0.239 e. The van der Waals surface area contributed by atoms with Crippen LogP contribution >= 0.6 is 11.6 Å². The van der Waals surface area contributed by atoms with Crippen molar-refractivity contribution in [1.82, 2.24) is 9.80 Å². The molecule has 0 unspecified atom stereocenters. The summed E-state index contributed by atoms with van der Waals surface area (Å²) in [6.07, 6.45) is 0. The lowest BCUT2D eigenvalue weighted by molar-refractivity contribution is -0.135. The monoisotopic (exact) mass is 391 g/mol. The van der Waals surface area contributed by atoms with Crippen LogP contribution in [0.1, 0.15) is 12.5 Å². The lowest BCUT2D eigenvalue weighted by Crippen LogP contribution is -2.46. The second kappa shape index (κ2) is 9.48. The SMILES string of the molecule is C[C@H](C(=O)N(C)Cc1cccc(F)c1)N(C)CC(=O)Nc1ccccc1Cl. The molecule has 0 bridgehead atoms. The molecule has 0 heterocycles. The molecule has 0 spiro atoms. The first-order valence-corrected chi connectivity index (χ1v) is 8.89. The van der Waals surface area contributed by atoms with E-state index in [1.54, 1.807) is 62.3 Å². The summed E-state index contributed by atoms with van der Waals surface area (Å²) in [7, 11) is 3.35. The molecule has 2 rings (SSSR count). The highest BCUT2D eigenvalue weighted by atomic mass is 35.5. The number of rotatable bonds is 7. The Morgan fingerprint density at radius 2 is 1.85 bits per heavy atom. The molecule has 0 saturated carbocycles. The molecular weight excluding hydrogens is 369 g/mol. The number of amides is 2. The second-order valence-electron chi connectivity index (χ2n) is 6.44. The van der Waals surface area contributed by atoms with Crippen molar-refractivity contribution in [2.24, 2.45) is 0 Å². The molecule has 0 aliphatic rings. The van der Waals surface area contributed by atoms with E-state index < -0.39 is 6.04 Å². The lowest BCUT2D eigenvalue weighted by atomic mass is 10.2. The standard InChI is InChI=1S/C20H23ClFN3O2/c1-14(20(27)25(3)12-15-7-6-8-16(22)11-15)24(2)13-19(26)23-18-10-5-4-9-17(18)21/h4-11,14H,12-13H2,1-3H3,(H,23,26)/t14-/m1/s1. The van der Waals surface area contributed by atoms with Crippen LogP contribution in [0.15, 0.2) is 48.5 Å². The maximum absolute atomic E-state index is 13.3. The number of halogens is 2. The van der Waals surface area contributed by atoms with Gasteiger partial charge in [0.05, 0.1) is 23.3 Å². The number of para-hydroxylation sites is 1. The van der Waals surface area contributed by atoms with E-state index >= 15 is 0 Å². The molecule has 0 saturated heterocycles. The number of benzene rings is 2. The number of anilines is 1. The summed E-state index contributed by atoms with van der Waals surface area (Å²) in [6, 6.07) is 12.6. The van der Waals surface area contributed by atoms with Gasteiger partial charge in [-0.2, -0.15) is 0 Å². The summed E-state index contributed by atoms with van der Waals surface area (Å²) in [5, 5.41) is 3.18. The van der Waals surface area contributed by atoms with Crippen LogP contribution in [0.25, 0.3) is 0 Å². The summed E-state index contributed by atoms with van der Waals surface area (Å²) in [6.45, 7) is 2.06. The van der Waals surface area contributed by atoms with Gasteiger partial charge in [0, 0.05) is 13.6 Å². The Hall–Kier alpha value is -2.44. The van der Waals surface area contributed by atoms with Gasteiger partial charge in [0.15, 0.2) is 0 Å². The molecule has 27 heavy (non-hydrogen) atoms. The first-order valence-electron chi connectivity index (χ1n) is 8.52. The normalized spacial score (nSPS) is 11.9. The van der Waals surface area contributed by atoms with Crippen LogP contribution in [0, 0.1) is 5.82 Å². The van der Waals surface area contributed by atoms with Gasteiger partial charge in [0.2, 0.25) is 11.8 Å². The van der Waals surface area contributed by atoms with Crippen LogP contribution in [0.3, 0.4) is 0 Å². The Kier molecular flexibility index (Phi) is 7.33. The minimum Gasteiger partial charge on any atom is -0.340 e. The first kappa shape index (κ1) is 20.9. The van der Waals surface area contributed by atoms with Crippen molar-refractivity contribution in [2.45, 2.75) is 19.5 Å². The molecule has 5 nitrogen and oxygen atoms in total. The Morgan fingerprint density at radius 3 is 2.52 bits per heavy atom. The number of hydrogen-bond acceptors (Lipinski definition) is 3. The molecule has 2 aromatic carbocycles. The van der Waals surface area contributed by atoms with Gasteiger partial charge >= 0.3 is 0 Å². The Bertz CT molecular complexity index is 815. The highest BCUT2D eigenvalue weighted by molar-refractivity contribution is 6.33. The summed E-state index contributed by atoms with van der Waals surface area (Å²) in [5.74, 6) is -0.764. The molecule has 2 amide bonds. The number of carbonyl (C=O) groups excluding carboxylic acids is 2. The summed E-state index contributed by atoms with van der Waals surface area (Å²) >= 11 is 6.03. The highest BCUT2D eigenvalue weighted by Crippen LogP contribution is 2.20. The number of likely N-dealkylation sites (N-methyl/N-ethyl adjacent to an activating group) is 2. The van der Waals surface area contributed by atoms with E-state index in [0.717, 1.165) is 0 Å². The van der Waals surface area contributed by atoms with E-state index in [-0.39, 0.29) is 24.2 Å². The highest BCUT2D eigenvalue weighted by Gasteiger charge is 2.23. The van der Waals surface area contributed by atoms with Crippen molar-refractivity contribution in [1.29, 1.82) is 0 Å². The van der Waals surface area contributed by atoms with Crippen molar-refractivity contribution < 1.29 is 14.0 Å². The fourth-order valence-electron chi connectivity index (χ4n) is 2.61. The molecule has 144 valence electrons. The molecule has 0 aromatic heterocycles. The van der Waals surface area contributed by atoms with E-state index in [4.69, 9.17) is 11.6 Å². The van der Waals surface area contributed by atoms with Gasteiger partial charge < -0.3 is 10.2 Å². The average molecular weight is 392 g/mol. The lowest BCUT2D eigenvalue weighted by Gasteiger charge is -2.28. The zero-order valence-electron chi connectivity index (χ0n) is 15.6. The third-order valence-electron chi connectivity index (χ3n) is 4.24. The third-order valence-corrected chi connectivity index (χ3v) is 4.57. The Morgan fingerprint density at radius 1 is 1.15 bits per heavy atom. The molecule has 2 aromatic rings. The van der Waals surface area contributed by atoms with Crippen molar-refractivity contribution in [3.05, 3.63) is 64.9 Å². The van der Waals surface area contributed by atoms with Gasteiger partial charge in [0.25, 0.3) is 0 Å². The predicted molar refractivity (Wildman–Crippen MR) is 105 cm³/mol. The van der Waals surface area contributed by atoms with E-state index in [0.29, 0.717) is 22.8 Å². The summed E-state index contributed by atoms with van der Waals surface area (Å²) < 4.78 is 13.3. The van der Waals surface area contributed by atoms with Gasteiger partial charge in [0.1, 0.15) is 5.82 Å². The van der Waals surface area contributed by atoms with E-state index in [1.807, 2.05) is 0 Å². The van der Waals surface area contributed by atoms with Gasteiger partial charge in [-0.1, -0.05) is 35.9 Å². The molecule has 1 N–H and O–H groups in total. The molecule has 0 aliphatic carbocycles. The largest absolute Gasteiger partial charge is 0.340 e. The molecule has 0 fully saturated rings. The van der Waals surface area contributed by atoms with E-state index in [2.05, 4.69) is 5.32 Å². The number of nitrogens with one attached hydrogen (secondary N) is 1. The maximum atomic E-state index is 13.3.